The summed E-state index contributed by atoms with van der Waals surface area (Å²) in [5, 5.41) is 10.2. The lowest BCUT2D eigenvalue weighted by Gasteiger charge is -2.09. The van der Waals surface area contributed by atoms with Gasteiger partial charge in [-0.3, -0.25) is 9.48 Å². The van der Waals surface area contributed by atoms with Crippen LogP contribution in [0.3, 0.4) is 0 Å². The van der Waals surface area contributed by atoms with E-state index in [1.165, 1.54) is 6.07 Å². The van der Waals surface area contributed by atoms with Crippen molar-refractivity contribution < 1.29 is 13.6 Å². The molecule has 0 aliphatic carbocycles. The molecule has 1 N–H and O–H groups in total. The molecule has 3 rings (SSSR count). The van der Waals surface area contributed by atoms with Gasteiger partial charge >= 0.3 is 6.55 Å². The highest BCUT2D eigenvalue weighted by molar-refractivity contribution is 9.10. The van der Waals surface area contributed by atoms with Crippen molar-refractivity contribution in [2.24, 2.45) is 0 Å². The first kappa shape index (κ1) is 16.3. The summed E-state index contributed by atoms with van der Waals surface area (Å²) >= 11 is 3.32. The highest BCUT2D eigenvalue weighted by Gasteiger charge is 2.18. The number of nitrogens with one attached hydrogen (secondary N) is 1. The molecule has 0 saturated carbocycles. The van der Waals surface area contributed by atoms with Crippen LogP contribution < -0.4 is 5.32 Å². The molecule has 0 atom stereocenters. The Morgan fingerprint density at radius 2 is 2.12 bits per heavy atom. The van der Waals surface area contributed by atoms with E-state index in [0.29, 0.717) is 16.9 Å². The molecule has 124 valence electrons. The number of hydrogen-bond donors (Lipinski definition) is 1. The molecular formula is C15H12BrF2N5O. The van der Waals surface area contributed by atoms with Crippen LogP contribution >= 0.6 is 15.9 Å². The first-order chi connectivity index (χ1) is 11.5. The van der Waals surface area contributed by atoms with Gasteiger partial charge in [-0.2, -0.15) is 23.7 Å². The minimum Gasteiger partial charge on any atom is -0.321 e. The van der Waals surface area contributed by atoms with E-state index in [1.807, 2.05) is 12.3 Å². The monoisotopic (exact) mass is 395 g/mol. The van der Waals surface area contributed by atoms with E-state index in [0.717, 1.165) is 16.2 Å². The Morgan fingerprint density at radius 3 is 2.83 bits per heavy atom. The number of rotatable bonds is 5. The van der Waals surface area contributed by atoms with E-state index in [1.54, 1.807) is 29.1 Å². The quantitative estimate of drug-likeness (QED) is 0.718. The third kappa shape index (κ3) is 3.67. The summed E-state index contributed by atoms with van der Waals surface area (Å²) < 4.78 is 28.5. The number of hydrogen-bond acceptors (Lipinski definition) is 3. The number of alkyl halides is 2. The summed E-state index contributed by atoms with van der Waals surface area (Å²) in [6.07, 6.45) is 4.66. The molecule has 2 aromatic heterocycles. The summed E-state index contributed by atoms with van der Waals surface area (Å²) in [5.74, 6) is -0.646. The van der Waals surface area contributed by atoms with Crippen molar-refractivity contribution >= 4 is 27.5 Å². The Kier molecular flexibility index (Phi) is 4.70. The van der Waals surface area contributed by atoms with Crippen LogP contribution in [-0.2, 0) is 6.54 Å². The van der Waals surface area contributed by atoms with Crippen molar-refractivity contribution in [1.29, 1.82) is 0 Å². The van der Waals surface area contributed by atoms with Crippen LogP contribution in [0, 0.1) is 0 Å². The van der Waals surface area contributed by atoms with Crippen LogP contribution in [0.2, 0.25) is 0 Å². The van der Waals surface area contributed by atoms with Gasteiger partial charge in [0, 0.05) is 18.1 Å². The summed E-state index contributed by atoms with van der Waals surface area (Å²) in [6.45, 7) is -2.35. The number of amides is 1. The smallest absolute Gasteiger partial charge is 0.321 e. The average Bonchev–Trinajstić information content (AvgIpc) is 3.16. The van der Waals surface area contributed by atoms with E-state index in [-0.39, 0.29) is 5.69 Å². The molecule has 24 heavy (non-hydrogen) atoms. The fourth-order valence-corrected chi connectivity index (χ4v) is 2.53. The van der Waals surface area contributed by atoms with E-state index >= 15 is 0 Å². The van der Waals surface area contributed by atoms with Crippen molar-refractivity contribution in [2.45, 2.75) is 13.1 Å². The molecule has 1 aromatic carbocycles. The molecule has 6 nitrogen and oxygen atoms in total. The van der Waals surface area contributed by atoms with E-state index < -0.39 is 12.5 Å². The highest BCUT2D eigenvalue weighted by Crippen LogP contribution is 2.16. The first-order valence-corrected chi connectivity index (χ1v) is 7.72. The maximum Gasteiger partial charge on any atom is 0.333 e. The van der Waals surface area contributed by atoms with E-state index in [9.17, 15) is 13.6 Å². The molecule has 9 heteroatoms. The molecule has 3 aromatic rings. The SMILES string of the molecule is O=C(Nc1cccc(Cn2cc(Br)cn2)c1)c1ccnn1C(F)F. The third-order valence-electron chi connectivity index (χ3n) is 3.22. The van der Waals surface area contributed by atoms with Crippen LogP contribution in [-0.4, -0.2) is 25.5 Å². The molecule has 0 aliphatic heterocycles. The summed E-state index contributed by atoms with van der Waals surface area (Å²) in [6, 6.07) is 8.34. The van der Waals surface area contributed by atoms with Gasteiger partial charge in [-0.1, -0.05) is 12.1 Å². The Balaban J connectivity index is 1.74. The molecule has 0 fully saturated rings. The largest absolute Gasteiger partial charge is 0.333 e. The van der Waals surface area contributed by atoms with Crippen molar-refractivity contribution in [3.05, 3.63) is 64.7 Å². The Morgan fingerprint density at radius 1 is 1.29 bits per heavy atom. The predicted octanol–water partition coefficient (Wildman–Crippen LogP) is 3.54. The summed E-state index contributed by atoms with van der Waals surface area (Å²) in [7, 11) is 0. The van der Waals surface area contributed by atoms with Crippen molar-refractivity contribution in [3.8, 4) is 0 Å². The van der Waals surface area contributed by atoms with Crippen molar-refractivity contribution in [2.75, 3.05) is 5.32 Å². The molecular weight excluding hydrogens is 384 g/mol. The zero-order valence-corrected chi connectivity index (χ0v) is 13.8. The van der Waals surface area contributed by atoms with Crippen LogP contribution in [0.25, 0.3) is 0 Å². The van der Waals surface area contributed by atoms with Gasteiger partial charge in [0.15, 0.2) is 0 Å². The maximum atomic E-state index is 12.8. The number of nitrogens with zero attached hydrogens (tertiary/aromatic N) is 4. The Labute approximate surface area is 144 Å². The van der Waals surface area contributed by atoms with Crippen molar-refractivity contribution in [3.63, 3.8) is 0 Å². The van der Waals surface area contributed by atoms with Gasteiger partial charge in [0.2, 0.25) is 0 Å². The van der Waals surface area contributed by atoms with Crippen LogP contribution in [0.4, 0.5) is 14.5 Å². The second-order valence-electron chi connectivity index (χ2n) is 4.95. The topological polar surface area (TPSA) is 64.7 Å². The molecule has 0 radical (unpaired) electrons. The summed E-state index contributed by atoms with van der Waals surface area (Å²) in [4.78, 5) is 12.1. The molecule has 1 amide bonds. The molecule has 2 heterocycles. The lowest BCUT2D eigenvalue weighted by atomic mass is 10.2. The molecule has 0 spiro atoms. The fourth-order valence-electron chi connectivity index (χ4n) is 2.20. The maximum absolute atomic E-state index is 12.8. The van der Waals surface area contributed by atoms with Gasteiger partial charge in [0.25, 0.3) is 5.91 Å². The van der Waals surface area contributed by atoms with E-state index in [4.69, 9.17) is 0 Å². The van der Waals surface area contributed by atoms with Gasteiger partial charge in [-0.05, 0) is 39.7 Å². The zero-order chi connectivity index (χ0) is 17.1. The van der Waals surface area contributed by atoms with Gasteiger partial charge in [0.1, 0.15) is 5.69 Å². The zero-order valence-electron chi connectivity index (χ0n) is 12.2. The van der Waals surface area contributed by atoms with Crippen molar-refractivity contribution in [1.82, 2.24) is 19.6 Å². The Bertz CT molecular complexity index is 861. The Hall–Kier alpha value is -2.55. The normalized spacial score (nSPS) is 11.0. The number of carbonyl (C=O) groups is 1. The van der Waals surface area contributed by atoms with E-state index in [2.05, 4.69) is 31.4 Å². The number of carbonyl (C=O) groups excluding carboxylic acids is 1. The first-order valence-electron chi connectivity index (χ1n) is 6.93. The third-order valence-corrected chi connectivity index (χ3v) is 3.63. The van der Waals surface area contributed by atoms with Crippen LogP contribution in [0.5, 0.6) is 0 Å². The highest BCUT2D eigenvalue weighted by atomic mass is 79.9. The number of benzene rings is 1. The number of anilines is 1. The molecule has 0 bridgehead atoms. The fraction of sp³-hybridized carbons (Fsp3) is 0.133. The lowest BCUT2D eigenvalue weighted by molar-refractivity contribution is 0.0520. The molecule has 0 saturated heterocycles. The molecule has 0 aliphatic rings. The van der Waals surface area contributed by atoms with Gasteiger partial charge in [-0.15, -0.1) is 0 Å². The molecule has 0 unspecified atom stereocenters. The predicted molar refractivity (Wildman–Crippen MR) is 86.9 cm³/mol. The second kappa shape index (κ2) is 6.91. The van der Waals surface area contributed by atoms with Gasteiger partial charge < -0.3 is 5.32 Å². The van der Waals surface area contributed by atoms with Crippen LogP contribution in [0.1, 0.15) is 22.6 Å². The van der Waals surface area contributed by atoms with Gasteiger partial charge in [-0.25, -0.2) is 0 Å². The number of aromatic nitrogens is 4. The minimum absolute atomic E-state index is 0.202. The van der Waals surface area contributed by atoms with Gasteiger partial charge in [0.05, 0.1) is 17.2 Å². The lowest BCUT2D eigenvalue weighted by Crippen LogP contribution is -2.18. The standard InChI is InChI=1S/C15H12BrF2N5O/c16-11-7-20-22(9-11)8-10-2-1-3-12(6-10)21-14(24)13-4-5-19-23(13)15(17)18/h1-7,9,15H,8H2,(H,21,24). The second-order valence-corrected chi connectivity index (χ2v) is 5.86. The minimum atomic E-state index is -2.87. The average molecular weight is 396 g/mol. The summed E-state index contributed by atoms with van der Waals surface area (Å²) in [5.41, 5.74) is 1.21. The number of halogens is 3. The van der Waals surface area contributed by atoms with Crippen LogP contribution in [0.15, 0.2) is 53.4 Å².